The van der Waals surface area contributed by atoms with Crippen molar-refractivity contribution in [2.45, 2.75) is 24.6 Å². The van der Waals surface area contributed by atoms with E-state index >= 15 is 0 Å². The highest BCUT2D eigenvalue weighted by atomic mass is 32.2. The Hall–Kier alpha value is -1.61. The first kappa shape index (κ1) is 17.4. The predicted molar refractivity (Wildman–Crippen MR) is 76.8 cm³/mol. The lowest BCUT2D eigenvalue weighted by Crippen LogP contribution is -2.39. The van der Waals surface area contributed by atoms with Crippen molar-refractivity contribution in [3.8, 4) is 0 Å². The Morgan fingerprint density at radius 1 is 1.48 bits per heavy atom. The molecule has 3 amide bonds. The molecule has 0 radical (unpaired) electrons. The summed E-state index contributed by atoms with van der Waals surface area (Å²) in [6, 6.07) is -0.758. The van der Waals surface area contributed by atoms with Gasteiger partial charge >= 0.3 is 5.97 Å². The quantitative estimate of drug-likeness (QED) is 0.474. The molecule has 9 heteroatoms. The minimum atomic E-state index is -0.996. The lowest BCUT2D eigenvalue weighted by atomic mass is 10.3. The van der Waals surface area contributed by atoms with Crippen molar-refractivity contribution in [3.05, 3.63) is 0 Å². The Balaban J connectivity index is 2.48. The van der Waals surface area contributed by atoms with Crippen LogP contribution >= 0.6 is 11.8 Å². The van der Waals surface area contributed by atoms with Crippen LogP contribution in [0.15, 0.2) is 0 Å². The Bertz CT molecular complexity index is 443. The van der Waals surface area contributed by atoms with Crippen LogP contribution in [0.2, 0.25) is 0 Å². The van der Waals surface area contributed by atoms with E-state index in [1.165, 1.54) is 14.0 Å². The van der Waals surface area contributed by atoms with E-state index in [-0.39, 0.29) is 43.0 Å². The molecule has 2 unspecified atom stereocenters. The average molecular weight is 317 g/mol. The molecular formula is C12H19N3O5S. The van der Waals surface area contributed by atoms with Gasteiger partial charge in [0.05, 0.1) is 5.25 Å². The molecule has 1 aliphatic heterocycles. The Morgan fingerprint density at radius 2 is 2.14 bits per heavy atom. The third kappa shape index (κ3) is 5.01. The molecule has 1 saturated heterocycles. The van der Waals surface area contributed by atoms with E-state index in [0.717, 1.165) is 16.7 Å². The molecule has 0 spiro atoms. The van der Waals surface area contributed by atoms with Crippen LogP contribution in [0.1, 0.15) is 13.3 Å². The molecule has 21 heavy (non-hydrogen) atoms. The Morgan fingerprint density at radius 3 is 2.67 bits per heavy atom. The van der Waals surface area contributed by atoms with E-state index in [1.54, 1.807) is 0 Å². The van der Waals surface area contributed by atoms with Crippen LogP contribution in [-0.4, -0.2) is 70.9 Å². The summed E-state index contributed by atoms with van der Waals surface area (Å²) in [5, 5.41) is 13.5. The van der Waals surface area contributed by atoms with E-state index in [9.17, 15) is 19.2 Å². The van der Waals surface area contributed by atoms with Crippen molar-refractivity contribution >= 4 is 35.5 Å². The summed E-state index contributed by atoms with van der Waals surface area (Å²) in [4.78, 5) is 46.6. The summed E-state index contributed by atoms with van der Waals surface area (Å²) >= 11 is 1.16. The molecule has 0 saturated carbocycles. The van der Waals surface area contributed by atoms with Gasteiger partial charge < -0.3 is 15.7 Å². The summed E-state index contributed by atoms with van der Waals surface area (Å²) in [6.45, 7) is 1.72. The van der Waals surface area contributed by atoms with E-state index in [2.05, 4.69) is 10.6 Å². The van der Waals surface area contributed by atoms with E-state index in [1.807, 2.05) is 0 Å². The maximum absolute atomic E-state index is 12.1. The van der Waals surface area contributed by atoms with Gasteiger partial charge in [0.15, 0.2) is 0 Å². The van der Waals surface area contributed by atoms with Crippen LogP contribution in [0.25, 0.3) is 0 Å². The Kier molecular flexibility index (Phi) is 6.63. The van der Waals surface area contributed by atoms with Crippen LogP contribution in [-0.2, 0) is 19.2 Å². The van der Waals surface area contributed by atoms with Crippen molar-refractivity contribution in [2.75, 3.05) is 25.9 Å². The second-order valence-corrected chi connectivity index (χ2v) is 5.81. The second-order valence-electron chi connectivity index (χ2n) is 4.57. The first-order chi connectivity index (χ1) is 9.86. The summed E-state index contributed by atoms with van der Waals surface area (Å²) < 4.78 is 0. The number of carboxylic acid groups (broad SMARTS) is 1. The van der Waals surface area contributed by atoms with Gasteiger partial charge in [0.1, 0.15) is 6.04 Å². The molecule has 1 heterocycles. The van der Waals surface area contributed by atoms with Gasteiger partial charge in [-0.2, -0.15) is 0 Å². The van der Waals surface area contributed by atoms with Crippen LogP contribution in [0.3, 0.4) is 0 Å². The molecule has 0 aromatic carbocycles. The molecule has 0 aromatic heterocycles. The van der Waals surface area contributed by atoms with E-state index < -0.39 is 17.3 Å². The predicted octanol–water partition coefficient (Wildman–Crippen LogP) is -1.34. The molecule has 3 N–H and O–H groups in total. The van der Waals surface area contributed by atoms with Crippen molar-refractivity contribution in [2.24, 2.45) is 0 Å². The second kappa shape index (κ2) is 7.99. The number of carbonyl (C=O) groups is 4. The number of likely N-dealkylation sites (tertiary alicyclic amines) is 1. The molecule has 2 atom stereocenters. The van der Waals surface area contributed by atoms with Gasteiger partial charge in [0, 0.05) is 32.2 Å². The number of hydrogen-bond donors (Lipinski definition) is 3. The van der Waals surface area contributed by atoms with Gasteiger partial charge in [0.25, 0.3) is 0 Å². The molecule has 8 nitrogen and oxygen atoms in total. The molecule has 1 rings (SSSR count). The molecule has 118 valence electrons. The maximum Gasteiger partial charge on any atom is 0.321 e. The number of nitrogens with zero attached hydrogens (tertiary/aromatic N) is 1. The molecule has 1 aliphatic rings. The van der Waals surface area contributed by atoms with Crippen molar-refractivity contribution in [3.63, 3.8) is 0 Å². The number of carbonyl (C=O) groups excluding carboxylic acids is 3. The maximum atomic E-state index is 12.1. The number of thioether (sulfide) groups is 1. The van der Waals surface area contributed by atoms with Gasteiger partial charge in [-0.1, -0.05) is 0 Å². The van der Waals surface area contributed by atoms with E-state index in [4.69, 9.17) is 5.11 Å². The van der Waals surface area contributed by atoms with Crippen LogP contribution in [0.5, 0.6) is 0 Å². The summed E-state index contributed by atoms with van der Waals surface area (Å²) in [5.74, 6) is -1.63. The van der Waals surface area contributed by atoms with Gasteiger partial charge in [-0.05, 0) is 7.05 Å². The fraction of sp³-hybridized carbons (Fsp3) is 0.667. The summed E-state index contributed by atoms with van der Waals surface area (Å²) in [5.41, 5.74) is 0. The molecule has 1 fully saturated rings. The number of likely N-dealkylation sites (N-methyl/N-ethyl adjacent to an activating group) is 1. The van der Waals surface area contributed by atoms with Crippen LogP contribution < -0.4 is 10.6 Å². The van der Waals surface area contributed by atoms with Gasteiger partial charge in [0.2, 0.25) is 17.7 Å². The molecule has 0 bridgehead atoms. The third-order valence-electron chi connectivity index (χ3n) is 3.02. The number of imide groups is 1. The highest BCUT2D eigenvalue weighted by Crippen LogP contribution is 2.25. The number of carboxylic acids is 1. The standard InChI is InChI=1S/C12H19N3O5S/c1-7(16)14-3-4-15-10(17)5-9(11(15)18)21-6-8(13-2)12(19)20/h8-9,13H,3-6H2,1-2H3,(H,14,16)(H,19,20). The minimum absolute atomic E-state index is 0.0691. The van der Waals surface area contributed by atoms with Gasteiger partial charge in [-0.3, -0.25) is 24.1 Å². The normalized spacial score (nSPS) is 19.7. The lowest BCUT2D eigenvalue weighted by molar-refractivity contribution is -0.139. The third-order valence-corrected chi connectivity index (χ3v) is 4.32. The Labute approximate surface area is 126 Å². The highest BCUT2D eigenvalue weighted by molar-refractivity contribution is 8.00. The van der Waals surface area contributed by atoms with Crippen LogP contribution in [0, 0.1) is 0 Å². The average Bonchev–Trinajstić information content (AvgIpc) is 2.66. The molecular weight excluding hydrogens is 298 g/mol. The van der Waals surface area contributed by atoms with Crippen molar-refractivity contribution in [1.29, 1.82) is 0 Å². The van der Waals surface area contributed by atoms with Gasteiger partial charge in [-0.25, -0.2) is 0 Å². The highest BCUT2D eigenvalue weighted by Gasteiger charge is 2.38. The number of rotatable bonds is 8. The summed E-state index contributed by atoms with van der Waals surface area (Å²) in [6.07, 6.45) is 0.0691. The lowest BCUT2D eigenvalue weighted by Gasteiger charge is -2.16. The summed E-state index contributed by atoms with van der Waals surface area (Å²) in [7, 11) is 1.53. The van der Waals surface area contributed by atoms with Gasteiger partial charge in [-0.15, -0.1) is 11.8 Å². The smallest absolute Gasteiger partial charge is 0.321 e. The number of aliphatic carboxylic acids is 1. The van der Waals surface area contributed by atoms with Crippen LogP contribution in [0.4, 0.5) is 0 Å². The zero-order chi connectivity index (χ0) is 16.0. The zero-order valence-electron chi connectivity index (χ0n) is 11.9. The largest absolute Gasteiger partial charge is 0.480 e. The number of nitrogens with one attached hydrogen (secondary N) is 2. The number of amides is 3. The molecule has 0 aliphatic carbocycles. The van der Waals surface area contributed by atoms with Crippen molar-refractivity contribution < 1.29 is 24.3 Å². The SMILES string of the molecule is CNC(CSC1CC(=O)N(CCNC(C)=O)C1=O)C(=O)O. The number of hydrogen-bond acceptors (Lipinski definition) is 6. The zero-order valence-corrected chi connectivity index (χ0v) is 12.7. The first-order valence-corrected chi connectivity index (χ1v) is 7.52. The monoisotopic (exact) mass is 317 g/mol. The first-order valence-electron chi connectivity index (χ1n) is 6.47. The topological polar surface area (TPSA) is 116 Å². The van der Waals surface area contributed by atoms with E-state index in [0.29, 0.717) is 0 Å². The fourth-order valence-corrected chi connectivity index (χ4v) is 3.12. The van der Waals surface area contributed by atoms with Crippen molar-refractivity contribution in [1.82, 2.24) is 15.5 Å². The minimum Gasteiger partial charge on any atom is -0.480 e. The fourth-order valence-electron chi connectivity index (χ4n) is 1.85. The molecule has 0 aromatic rings.